The third kappa shape index (κ3) is 6.38. The fourth-order valence-electron chi connectivity index (χ4n) is 3.66. The number of hydrogen-bond acceptors (Lipinski definition) is 5. The van der Waals surface area contributed by atoms with Crippen molar-refractivity contribution in [2.45, 2.75) is 13.0 Å². The van der Waals surface area contributed by atoms with Crippen molar-refractivity contribution >= 4 is 11.9 Å². The Kier molecular flexibility index (Phi) is 8.41. The maximum Gasteiger partial charge on any atom is 0.317 e. The lowest BCUT2D eigenvalue weighted by atomic mass is 10.1. The number of nitrogens with zero attached hydrogens (tertiary/aromatic N) is 3. The van der Waals surface area contributed by atoms with Gasteiger partial charge < -0.3 is 24.6 Å². The fraction of sp³-hybridized carbons (Fsp3) is 0.619. The van der Waals surface area contributed by atoms with Crippen LogP contribution in [0.2, 0.25) is 0 Å². The maximum absolute atomic E-state index is 13.3. The van der Waals surface area contributed by atoms with E-state index in [-0.39, 0.29) is 23.9 Å². The molecule has 30 heavy (non-hydrogen) atoms. The summed E-state index contributed by atoms with van der Waals surface area (Å²) < 4.78 is 24.5. The first-order chi connectivity index (χ1) is 14.6. The van der Waals surface area contributed by atoms with E-state index in [1.165, 1.54) is 24.3 Å². The molecule has 2 fully saturated rings. The summed E-state index contributed by atoms with van der Waals surface area (Å²) in [7, 11) is 0. The molecule has 3 amide bonds. The van der Waals surface area contributed by atoms with Crippen LogP contribution in [0.4, 0.5) is 9.18 Å². The van der Waals surface area contributed by atoms with Crippen molar-refractivity contribution in [2.24, 2.45) is 0 Å². The topological polar surface area (TPSA) is 74.4 Å². The summed E-state index contributed by atoms with van der Waals surface area (Å²) in [5, 5.41) is 2.81. The summed E-state index contributed by atoms with van der Waals surface area (Å²) in [5.74, 6) is -0.540. The first-order valence-electron chi connectivity index (χ1n) is 10.6. The van der Waals surface area contributed by atoms with E-state index >= 15 is 0 Å². The molecule has 2 saturated heterocycles. The third-order valence-electron chi connectivity index (χ3n) is 5.35. The number of nitrogens with one attached hydrogen (secondary N) is 1. The summed E-state index contributed by atoms with van der Waals surface area (Å²) in [5.41, 5.74) is 0.440. The molecule has 0 radical (unpaired) electrons. The van der Waals surface area contributed by atoms with Gasteiger partial charge in [-0.15, -0.1) is 0 Å². The van der Waals surface area contributed by atoms with Crippen LogP contribution in [0.3, 0.4) is 0 Å². The molecule has 8 nitrogen and oxygen atoms in total. The van der Waals surface area contributed by atoms with E-state index in [9.17, 15) is 14.0 Å². The van der Waals surface area contributed by atoms with Gasteiger partial charge in [0.15, 0.2) is 0 Å². The van der Waals surface area contributed by atoms with Crippen LogP contribution in [-0.4, -0.2) is 105 Å². The van der Waals surface area contributed by atoms with Gasteiger partial charge in [-0.05, 0) is 31.2 Å². The van der Waals surface area contributed by atoms with E-state index in [0.29, 0.717) is 58.1 Å². The van der Waals surface area contributed by atoms with Gasteiger partial charge in [-0.1, -0.05) is 0 Å². The lowest BCUT2D eigenvalue weighted by Crippen LogP contribution is -2.53. The summed E-state index contributed by atoms with van der Waals surface area (Å²) in [6, 6.07) is 5.47. The van der Waals surface area contributed by atoms with Crippen LogP contribution in [0.15, 0.2) is 24.3 Å². The molecule has 0 aliphatic carbocycles. The molecule has 1 aromatic rings. The molecule has 2 heterocycles. The molecule has 2 aliphatic rings. The average molecular weight is 423 g/mol. The number of carbonyl (C=O) groups is 2. The van der Waals surface area contributed by atoms with Crippen molar-refractivity contribution in [1.82, 2.24) is 20.0 Å². The zero-order valence-corrected chi connectivity index (χ0v) is 17.5. The molecular formula is C21H31FN4O4. The Morgan fingerprint density at radius 3 is 2.60 bits per heavy atom. The molecule has 1 unspecified atom stereocenters. The Morgan fingerprint density at radius 1 is 1.17 bits per heavy atom. The van der Waals surface area contributed by atoms with Gasteiger partial charge in [0, 0.05) is 51.4 Å². The lowest BCUT2D eigenvalue weighted by molar-refractivity contribution is -0.0296. The Balaban J connectivity index is 1.65. The number of urea groups is 1. The molecule has 1 aromatic carbocycles. The molecule has 1 N–H and O–H groups in total. The highest BCUT2D eigenvalue weighted by atomic mass is 19.1. The van der Waals surface area contributed by atoms with Gasteiger partial charge in [0.2, 0.25) is 0 Å². The minimum absolute atomic E-state index is 0.115. The second-order valence-electron chi connectivity index (χ2n) is 7.49. The molecule has 2 aliphatic heterocycles. The number of hydrogen-bond donors (Lipinski definition) is 1. The summed E-state index contributed by atoms with van der Waals surface area (Å²) in [4.78, 5) is 31.0. The first-order valence-corrected chi connectivity index (χ1v) is 10.6. The van der Waals surface area contributed by atoms with Gasteiger partial charge in [0.1, 0.15) is 5.82 Å². The van der Waals surface area contributed by atoms with Gasteiger partial charge in [-0.3, -0.25) is 9.69 Å². The minimum atomic E-state index is -0.375. The van der Waals surface area contributed by atoms with Crippen LogP contribution >= 0.6 is 0 Å². The maximum atomic E-state index is 13.3. The van der Waals surface area contributed by atoms with Crippen molar-refractivity contribution in [1.29, 1.82) is 0 Å². The minimum Gasteiger partial charge on any atom is -0.379 e. The second kappa shape index (κ2) is 11.2. The number of ether oxygens (including phenoxy) is 2. The molecule has 9 heteroatoms. The molecule has 0 spiro atoms. The predicted molar refractivity (Wildman–Crippen MR) is 110 cm³/mol. The number of halogens is 1. The Labute approximate surface area is 176 Å². The van der Waals surface area contributed by atoms with Crippen molar-refractivity contribution < 1.29 is 23.5 Å². The second-order valence-corrected chi connectivity index (χ2v) is 7.49. The Morgan fingerprint density at radius 2 is 1.90 bits per heavy atom. The van der Waals surface area contributed by atoms with E-state index in [0.717, 1.165) is 19.6 Å². The van der Waals surface area contributed by atoms with Crippen LogP contribution in [-0.2, 0) is 9.47 Å². The molecule has 3 rings (SSSR count). The summed E-state index contributed by atoms with van der Waals surface area (Å²) in [6.07, 6.45) is -0.268. The van der Waals surface area contributed by atoms with Gasteiger partial charge in [-0.2, -0.15) is 0 Å². The molecular weight excluding hydrogens is 391 g/mol. The monoisotopic (exact) mass is 422 g/mol. The standard InChI is InChI=1S/C21H31FN4O4/c1-2-23-21(28)26-11-14-30-19(16-26)15-25(8-7-24-9-12-29-13-10-24)20(27)17-3-5-18(22)6-4-17/h3-6,19H,2,7-16H2,1H3,(H,23,28). The SMILES string of the molecule is CCNC(=O)N1CCOC(CN(CCN2CCOCC2)C(=O)c2ccc(F)cc2)C1. The van der Waals surface area contributed by atoms with Crippen LogP contribution in [0.1, 0.15) is 17.3 Å². The zero-order valence-electron chi connectivity index (χ0n) is 17.5. The average Bonchev–Trinajstić information content (AvgIpc) is 2.78. The number of rotatable bonds is 7. The summed E-state index contributed by atoms with van der Waals surface area (Å²) in [6.45, 7) is 8.52. The Hall–Kier alpha value is -2.23. The normalized spacial score (nSPS) is 20.1. The highest BCUT2D eigenvalue weighted by Gasteiger charge is 2.28. The Bertz CT molecular complexity index is 697. The zero-order chi connectivity index (χ0) is 21.3. The van der Waals surface area contributed by atoms with E-state index in [1.807, 2.05) is 6.92 Å². The highest BCUT2D eigenvalue weighted by molar-refractivity contribution is 5.94. The number of benzene rings is 1. The van der Waals surface area contributed by atoms with Gasteiger partial charge in [0.05, 0.1) is 32.5 Å². The predicted octanol–water partition coefficient (Wildman–Crippen LogP) is 1.03. The highest BCUT2D eigenvalue weighted by Crippen LogP contribution is 2.12. The van der Waals surface area contributed by atoms with E-state index in [4.69, 9.17) is 9.47 Å². The van der Waals surface area contributed by atoms with Crippen LogP contribution in [0.25, 0.3) is 0 Å². The first kappa shape index (κ1) is 22.5. The smallest absolute Gasteiger partial charge is 0.317 e. The molecule has 1 atom stereocenters. The van der Waals surface area contributed by atoms with Gasteiger partial charge in [0.25, 0.3) is 5.91 Å². The van der Waals surface area contributed by atoms with Crippen LogP contribution in [0.5, 0.6) is 0 Å². The quantitative estimate of drug-likeness (QED) is 0.711. The van der Waals surface area contributed by atoms with Gasteiger partial charge in [-0.25, -0.2) is 9.18 Å². The lowest BCUT2D eigenvalue weighted by Gasteiger charge is -2.36. The largest absolute Gasteiger partial charge is 0.379 e. The van der Waals surface area contributed by atoms with Gasteiger partial charge >= 0.3 is 6.03 Å². The fourth-order valence-corrected chi connectivity index (χ4v) is 3.66. The number of morpholine rings is 2. The van der Waals surface area contributed by atoms with Crippen LogP contribution in [0, 0.1) is 5.82 Å². The molecule has 0 saturated carbocycles. The summed E-state index contributed by atoms with van der Waals surface area (Å²) >= 11 is 0. The number of amides is 3. The molecule has 166 valence electrons. The van der Waals surface area contributed by atoms with Crippen molar-refractivity contribution in [2.75, 3.05) is 72.2 Å². The molecule has 0 aromatic heterocycles. The van der Waals surface area contributed by atoms with Crippen molar-refractivity contribution in [3.8, 4) is 0 Å². The number of carbonyl (C=O) groups excluding carboxylic acids is 2. The third-order valence-corrected chi connectivity index (χ3v) is 5.35. The molecule has 0 bridgehead atoms. The van der Waals surface area contributed by atoms with E-state index in [2.05, 4.69) is 10.2 Å². The van der Waals surface area contributed by atoms with Crippen molar-refractivity contribution in [3.05, 3.63) is 35.6 Å². The van der Waals surface area contributed by atoms with Crippen LogP contribution < -0.4 is 5.32 Å². The van der Waals surface area contributed by atoms with Crippen molar-refractivity contribution in [3.63, 3.8) is 0 Å². The van der Waals surface area contributed by atoms with E-state index < -0.39 is 0 Å². The van der Waals surface area contributed by atoms with E-state index in [1.54, 1.807) is 9.80 Å².